The number of thiazole rings is 1. The van der Waals surface area contributed by atoms with Crippen LogP contribution in [0.1, 0.15) is 10.6 Å². The zero-order valence-corrected chi connectivity index (χ0v) is 13.4. The summed E-state index contributed by atoms with van der Waals surface area (Å²) in [6.07, 6.45) is 3.89. The van der Waals surface area contributed by atoms with Crippen LogP contribution in [0, 0.1) is 0 Å². The van der Waals surface area contributed by atoms with Crippen LogP contribution in [0.5, 0.6) is 0 Å². The number of benzene rings is 1. The first kappa shape index (κ1) is 13.8. The number of halogens is 2. The molecule has 0 aliphatic rings. The summed E-state index contributed by atoms with van der Waals surface area (Å²) in [6, 6.07) is 9.69. The fourth-order valence-corrected chi connectivity index (χ4v) is 3.55. The highest BCUT2D eigenvalue weighted by molar-refractivity contribution is 7.14. The van der Waals surface area contributed by atoms with Crippen LogP contribution in [-0.4, -0.2) is 4.98 Å². The fraction of sp³-hybridized carbons (Fsp3) is 0. The average molecular weight is 338 g/mol. The predicted molar refractivity (Wildman–Crippen MR) is 90.8 cm³/mol. The maximum absolute atomic E-state index is 6.15. The first-order valence-electron chi connectivity index (χ1n) is 5.85. The molecule has 5 heteroatoms. The quantitative estimate of drug-likeness (QED) is 0.542. The SMILES string of the molecule is Clc1cccc(/C=C/c2nc(-c3cccs3)cs2)c1Cl. The van der Waals surface area contributed by atoms with E-state index in [4.69, 9.17) is 23.2 Å². The molecule has 0 saturated carbocycles. The smallest absolute Gasteiger partial charge is 0.116 e. The van der Waals surface area contributed by atoms with Gasteiger partial charge in [0.05, 0.1) is 20.6 Å². The zero-order chi connectivity index (χ0) is 13.9. The number of hydrogen-bond acceptors (Lipinski definition) is 3. The van der Waals surface area contributed by atoms with E-state index in [1.54, 1.807) is 28.7 Å². The highest BCUT2D eigenvalue weighted by Gasteiger charge is 2.04. The zero-order valence-electron chi connectivity index (χ0n) is 10.2. The largest absolute Gasteiger partial charge is 0.236 e. The third-order valence-corrected chi connectivity index (χ3v) is 5.22. The number of nitrogens with zero attached hydrogens (tertiary/aromatic N) is 1. The topological polar surface area (TPSA) is 12.9 Å². The minimum absolute atomic E-state index is 0.562. The number of rotatable bonds is 3. The normalized spacial score (nSPS) is 11.3. The predicted octanol–water partition coefficient (Wildman–Crippen LogP) is 6.35. The van der Waals surface area contributed by atoms with Gasteiger partial charge in [-0.2, -0.15) is 0 Å². The van der Waals surface area contributed by atoms with E-state index in [9.17, 15) is 0 Å². The van der Waals surface area contributed by atoms with Crippen molar-refractivity contribution in [3.8, 4) is 10.6 Å². The van der Waals surface area contributed by atoms with Crippen molar-refractivity contribution in [3.05, 3.63) is 61.7 Å². The van der Waals surface area contributed by atoms with E-state index in [-0.39, 0.29) is 0 Å². The van der Waals surface area contributed by atoms with Gasteiger partial charge in [-0.1, -0.05) is 47.5 Å². The standard InChI is InChI=1S/C15H9Cl2NS2/c16-11-4-1-3-10(15(11)17)6-7-14-18-12(9-20-14)13-5-2-8-19-13/h1-9H/b7-6+. The summed E-state index contributed by atoms with van der Waals surface area (Å²) in [7, 11) is 0. The van der Waals surface area contributed by atoms with Crippen LogP contribution in [-0.2, 0) is 0 Å². The van der Waals surface area contributed by atoms with Crippen LogP contribution in [0.4, 0.5) is 0 Å². The summed E-state index contributed by atoms with van der Waals surface area (Å²) in [4.78, 5) is 5.77. The van der Waals surface area contributed by atoms with E-state index in [1.807, 2.05) is 30.4 Å². The van der Waals surface area contributed by atoms with E-state index in [0.717, 1.165) is 16.3 Å². The molecule has 1 aromatic carbocycles. The molecule has 2 heterocycles. The Labute approximate surface area is 135 Å². The third-order valence-electron chi connectivity index (χ3n) is 2.68. The minimum Gasteiger partial charge on any atom is -0.236 e. The molecule has 0 radical (unpaired) electrons. The van der Waals surface area contributed by atoms with Crippen LogP contribution in [0.15, 0.2) is 41.1 Å². The Morgan fingerprint density at radius 3 is 2.70 bits per heavy atom. The molecule has 2 aromatic heterocycles. The monoisotopic (exact) mass is 337 g/mol. The molecule has 0 N–H and O–H groups in total. The Morgan fingerprint density at radius 1 is 1.00 bits per heavy atom. The van der Waals surface area contributed by atoms with Crippen molar-refractivity contribution < 1.29 is 0 Å². The summed E-state index contributed by atoms with van der Waals surface area (Å²) in [5, 5.41) is 6.19. The van der Waals surface area contributed by atoms with Gasteiger partial charge >= 0.3 is 0 Å². The van der Waals surface area contributed by atoms with Crippen molar-refractivity contribution in [2.45, 2.75) is 0 Å². The third kappa shape index (κ3) is 2.96. The average Bonchev–Trinajstić information content (AvgIpc) is 3.10. The maximum atomic E-state index is 6.15. The molecule has 3 aromatic rings. The Balaban J connectivity index is 1.85. The van der Waals surface area contributed by atoms with Gasteiger partial charge in [0.25, 0.3) is 0 Å². The summed E-state index contributed by atoms with van der Waals surface area (Å²) in [5.74, 6) is 0. The maximum Gasteiger partial charge on any atom is 0.116 e. The lowest BCUT2D eigenvalue weighted by Crippen LogP contribution is -1.76. The number of hydrogen-bond donors (Lipinski definition) is 0. The molecule has 0 amide bonds. The van der Waals surface area contributed by atoms with Crippen LogP contribution in [0.25, 0.3) is 22.7 Å². The first-order chi connectivity index (χ1) is 9.74. The highest BCUT2D eigenvalue weighted by Crippen LogP contribution is 2.29. The van der Waals surface area contributed by atoms with Gasteiger partial charge in [-0.15, -0.1) is 22.7 Å². The van der Waals surface area contributed by atoms with Crippen LogP contribution in [0.2, 0.25) is 10.0 Å². The van der Waals surface area contributed by atoms with Gasteiger partial charge in [0.1, 0.15) is 5.01 Å². The molecule has 0 spiro atoms. The molecular weight excluding hydrogens is 329 g/mol. The summed E-state index contributed by atoms with van der Waals surface area (Å²) in [5.41, 5.74) is 1.91. The Hall–Kier alpha value is -1.13. The van der Waals surface area contributed by atoms with Crippen molar-refractivity contribution in [2.24, 2.45) is 0 Å². The molecular formula is C15H9Cl2NS2. The second kappa shape index (κ2) is 6.10. The van der Waals surface area contributed by atoms with Gasteiger partial charge in [0.2, 0.25) is 0 Å². The molecule has 3 rings (SSSR count). The molecule has 0 bridgehead atoms. The van der Waals surface area contributed by atoms with E-state index >= 15 is 0 Å². The van der Waals surface area contributed by atoms with Crippen LogP contribution < -0.4 is 0 Å². The molecule has 1 nitrogen and oxygen atoms in total. The second-order valence-electron chi connectivity index (χ2n) is 4.02. The van der Waals surface area contributed by atoms with E-state index < -0.39 is 0 Å². The molecule has 20 heavy (non-hydrogen) atoms. The molecule has 0 unspecified atom stereocenters. The van der Waals surface area contributed by atoms with Gasteiger partial charge in [0, 0.05) is 5.38 Å². The van der Waals surface area contributed by atoms with Crippen molar-refractivity contribution in [1.29, 1.82) is 0 Å². The lowest BCUT2D eigenvalue weighted by Gasteiger charge is -1.99. The van der Waals surface area contributed by atoms with Crippen molar-refractivity contribution in [2.75, 3.05) is 0 Å². The number of thiophene rings is 1. The molecule has 0 aliphatic heterocycles. The van der Waals surface area contributed by atoms with Crippen LogP contribution >= 0.6 is 45.9 Å². The van der Waals surface area contributed by atoms with Crippen molar-refractivity contribution >= 4 is 58.0 Å². The van der Waals surface area contributed by atoms with Gasteiger partial charge in [0.15, 0.2) is 0 Å². The van der Waals surface area contributed by atoms with Gasteiger partial charge in [-0.05, 0) is 29.2 Å². The van der Waals surface area contributed by atoms with E-state index in [0.29, 0.717) is 10.0 Å². The fourth-order valence-electron chi connectivity index (χ4n) is 1.71. The Kier molecular flexibility index (Phi) is 4.22. The second-order valence-corrected chi connectivity index (χ2v) is 6.65. The lowest BCUT2D eigenvalue weighted by atomic mass is 10.2. The lowest BCUT2D eigenvalue weighted by molar-refractivity contribution is 1.40. The Bertz CT molecular complexity index is 745. The molecule has 0 atom stereocenters. The van der Waals surface area contributed by atoms with Gasteiger partial charge < -0.3 is 0 Å². The van der Waals surface area contributed by atoms with Crippen LogP contribution in [0.3, 0.4) is 0 Å². The van der Waals surface area contributed by atoms with Crippen molar-refractivity contribution in [3.63, 3.8) is 0 Å². The minimum atomic E-state index is 0.562. The molecule has 0 fully saturated rings. The molecule has 0 saturated heterocycles. The highest BCUT2D eigenvalue weighted by atomic mass is 35.5. The summed E-state index contributed by atoms with van der Waals surface area (Å²) in [6.45, 7) is 0. The van der Waals surface area contributed by atoms with E-state index in [1.165, 1.54) is 4.88 Å². The first-order valence-corrected chi connectivity index (χ1v) is 8.37. The summed E-state index contributed by atoms with van der Waals surface area (Å²) >= 11 is 15.4. The summed E-state index contributed by atoms with van der Waals surface area (Å²) < 4.78 is 0. The van der Waals surface area contributed by atoms with E-state index in [2.05, 4.69) is 21.8 Å². The Morgan fingerprint density at radius 2 is 1.90 bits per heavy atom. The van der Waals surface area contributed by atoms with Gasteiger partial charge in [-0.3, -0.25) is 0 Å². The molecule has 100 valence electrons. The number of aromatic nitrogens is 1. The van der Waals surface area contributed by atoms with Crippen molar-refractivity contribution in [1.82, 2.24) is 4.98 Å². The molecule has 0 aliphatic carbocycles. The van der Waals surface area contributed by atoms with Gasteiger partial charge in [-0.25, -0.2) is 4.98 Å².